The van der Waals surface area contributed by atoms with E-state index in [4.69, 9.17) is 16.3 Å². The molecule has 2 aromatic carbocycles. The van der Waals surface area contributed by atoms with Crippen molar-refractivity contribution < 1.29 is 19.1 Å². The van der Waals surface area contributed by atoms with Crippen LogP contribution in [0.2, 0.25) is 5.02 Å². The Morgan fingerprint density at radius 1 is 1.12 bits per heavy atom. The molecule has 2 atom stereocenters. The fourth-order valence-corrected chi connectivity index (χ4v) is 3.98. The molecule has 0 spiro atoms. The third-order valence-corrected chi connectivity index (χ3v) is 5.85. The average Bonchev–Trinajstić information content (AvgIpc) is 3.19. The summed E-state index contributed by atoms with van der Waals surface area (Å²) in [6.45, 7) is 4.09. The van der Waals surface area contributed by atoms with Gasteiger partial charge in [-0.3, -0.25) is 10.1 Å². The van der Waals surface area contributed by atoms with E-state index in [0.29, 0.717) is 23.7 Å². The number of rotatable bonds is 7. The summed E-state index contributed by atoms with van der Waals surface area (Å²) in [5.41, 5.74) is 2.60. The molecule has 0 saturated carbocycles. The van der Waals surface area contributed by atoms with Gasteiger partial charge in [0, 0.05) is 36.8 Å². The lowest BCUT2D eigenvalue weighted by molar-refractivity contribution is -0.119. The van der Waals surface area contributed by atoms with Crippen LogP contribution in [0, 0.1) is 0 Å². The second-order valence-electron chi connectivity index (χ2n) is 7.96. The van der Waals surface area contributed by atoms with Gasteiger partial charge >= 0.3 is 12.1 Å². The second kappa shape index (κ2) is 11.6. The first kappa shape index (κ1) is 24.4. The molecule has 0 unspecified atom stereocenters. The molecule has 1 aliphatic rings. The van der Waals surface area contributed by atoms with Crippen LogP contribution in [0.25, 0.3) is 0 Å². The summed E-state index contributed by atoms with van der Waals surface area (Å²) >= 11 is 6.17. The molecule has 0 bridgehead atoms. The molecule has 1 heterocycles. The van der Waals surface area contributed by atoms with Crippen LogP contribution in [0.4, 0.5) is 15.3 Å². The fourth-order valence-electron chi connectivity index (χ4n) is 3.78. The number of carbonyl (C=O) groups excluding carboxylic acids is 3. The van der Waals surface area contributed by atoms with Gasteiger partial charge in [-0.2, -0.15) is 0 Å². The maximum atomic E-state index is 12.9. The van der Waals surface area contributed by atoms with Crippen LogP contribution in [0.1, 0.15) is 31.4 Å². The minimum atomic E-state index is -0.598. The van der Waals surface area contributed by atoms with Gasteiger partial charge in [-0.05, 0) is 42.2 Å². The van der Waals surface area contributed by atoms with E-state index in [1.165, 1.54) is 12.5 Å². The Morgan fingerprint density at radius 3 is 2.52 bits per heavy atom. The highest BCUT2D eigenvalue weighted by molar-refractivity contribution is 6.31. The maximum absolute atomic E-state index is 12.9. The molecular weight excluding hydrogens is 444 g/mol. The first-order chi connectivity index (χ1) is 15.9. The van der Waals surface area contributed by atoms with Crippen molar-refractivity contribution in [3.63, 3.8) is 0 Å². The van der Waals surface area contributed by atoms with E-state index in [1.54, 1.807) is 11.0 Å². The molecule has 8 nitrogen and oxygen atoms in total. The van der Waals surface area contributed by atoms with Gasteiger partial charge in [-0.1, -0.05) is 48.9 Å². The summed E-state index contributed by atoms with van der Waals surface area (Å²) in [6.07, 6.45) is 0.798. The van der Waals surface area contributed by atoms with Crippen molar-refractivity contribution in [2.45, 2.75) is 45.3 Å². The first-order valence-corrected chi connectivity index (χ1v) is 11.3. The predicted molar refractivity (Wildman–Crippen MR) is 127 cm³/mol. The molecular formula is C24H29ClN4O4. The lowest BCUT2D eigenvalue weighted by Crippen LogP contribution is -2.45. The van der Waals surface area contributed by atoms with Crippen LogP contribution in [0.15, 0.2) is 48.5 Å². The summed E-state index contributed by atoms with van der Waals surface area (Å²) in [4.78, 5) is 38.2. The molecule has 4 amide bonds. The SMILES string of the molecule is CCc1ccc(NC(=O)OC[C@@H]2C[C@@H](NC(C)=O)CN2C(=O)NCc2ccccc2Cl)cc1. The molecule has 1 aliphatic heterocycles. The summed E-state index contributed by atoms with van der Waals surface area (Å²) in [6, 6.07) is 13.9. The molecule has 9 heteroatoms. The van der Waals surface area contributed by atoms with E-state index in [9.17, 15) is 14.4 Å². The number of anilines is 1. The Bertz CT molecular complexity index is 983. The minimum Gasteiger partial charge on any atom is -0.447 e. The van der Waals surface area contributed by atoms with Gasteiger partial charge in [0.05, 0.1) is 6.04 Å². The van der Waals surface area contributed by atoms with Crippen molar-refractivity contribution in [2.24, 2.45) is 0 Å². The van der Waals surface area contributed by atoms with Gasteiger partial charge in [0.2, 0.25) is 5.91 Å². The van der Waals surface area contributed by atoms with Crippen LogP contribution in [0.3, 0.4) is 0 Å². The van der Waals surface area contributed by atoms with E-state index in [0.717, 1.165) is 12.0 Å². The zero-order valence-electron chi connectivity index (χ0n) is 18.8. The van der Waals surface area contributed by atoms with Crippen molar-refractivity contribution in [3.05, 3.63) is 64.7 Å². The Labute approximate surface area is 198 Å². The highest BCUT2D eigenvalue weighted by atomic mass is 35.5. The quantitative estimate of drug-likeness (QED) is 0.568. The second-order valence-corrected chi connectivity index (χ2v) is 8.37. The summed E-state index contributed by atoms with van der Waals surface area (Å²) in [5, 5.41) is 8.96. The number of urea groups is 1. The number of hydrogen-bond donors (Lipinski definition) is 3. The van der Waals surface area contributed by atoms with E-state index in [1.807, 2.05) is 42.5 Å². The van der Waals surface area contributed by atoms with E-state index in [-0.39, 0.29) is 37.2 Å². The molecule has 176 valence electrons. The third-order valence-electron chi connectivity index (χ3n) is 5.49. The van der Waals surface area contributed by atoms with E-state index < -0.39 is 6.09 Å². The number of aryl methyl sites for hydroxylation is 1. The van der Waals surface area contributed by atoms with Crippen LogP contribution < -0.4 is 16.0 Å². The Morgan fingerprint density at radius 2 is 1.85 bits per heavy atom. The van der Waals surface area contributed by atoms with Crippen LogP contribution in [-0.4, -0.2) is 48.2 Å². The van der Waals surface area contributed by atoms with Crippen molar-refractivity contribution >= 4 is 35.3 Å². The molecule has 1 fully saturated rings. The number of amides is 4. The topological polar surface area (TPSA) is 99.8 Å². The number of halogens is 1. The number of hydrogen-bond acceptors (Lipinski definition) is 4. The Hall–Kier alpha value is -3.26. The van der Waals surface area contributed by atoms with Gasteiger partial charge in [-0.15, -0.1) is 0 Å². The monoisotopic (exact) mass is 472 g/mol. The van der Waals surface area contributed by atoms with Crippen molar-refractivity contribution in [3.8, 4) is 0 Å². The lowest BCUT2D eigenvalue weighted by atomic mass is 10.1. The Balaban J connectivity index is 1.57. The summed E-state index contributed by atoms with van der Waals surface area (Å²) < 4.78 is 5.40. The van der Waals surface area contributed by atoms with Gasteiger partial charge in [0.25, 0.3) is 0 Å². The lowest BCUT2D eigenvalue weighted by Gasteiger charge is -2.24. The van der Waals surface area contributed by atoms with Gasteiger partial charge in [0.15, 0.2) is 0 Å². The molecule has 1 saturated heterocycles. The number of benzene rings is 2. The van der Waals surface area contributed by atoms with Crippen LogP contribution >= 0.6 is 11.6 Å². The summed E-state index contributed by atoms with van der Waals surface area (Å²) in [7, 11) is 0. The number of likely N-dealkylation sites (tertiary alicyclic amines) is 1. The van der Waals surface area contributed by atoms with E-state index in [2.05, 4.69) is 22.9 Å². The number of carbonyl (C=O) groups is 3. The highest BCUT2D eigenvalue weighted by Crippen LogP contribution is 2.20. The van der Waals surface area contributed by atoms with Crippen molar-refractivity contribution in [2.75, 3.05) is 18.5 Å². The third kappa shape index (κ3) is 7.12. The zero-order valence-corrected chi connectivity index (χ0v) is 19.5. The normalized spacial score (nSPS) is 17.4. The van der Waals surface area contributed by atoms with Gasteiger partial charge in [0.1, 0.15) is 6.61 Å². The van der Waals surface area contributed by atoms with Crippen LogP contribution in [0.5, 0.6) is 0 Å². The number of ether oxygens (including phenoxy) is 1. The number of nitrogens with zero attached hydrogens (tertiary/aromatic N) is 1. The predicted octanol–water partition coefficient (Wildman–Crippen LogP) is 3.94. The standard InChI is InChI=1S/C24H29ClN4O4/c1-3-17-8-10-19(11-9-17)28-24(32)33-15-21-12-20(27-16(2)30)14-29(21)23(31)26-13-18-6-4-5-7-22(18)25/h4-11,20-21H,3,12-15H2,1-2H3,(H,26,31)(H,27,30)(H,28,32)/t20-,21+/m1/s1. The minimum absolute atomic E-state index is 0.00841. The van der Waals surface area contributed by atoms with E-state index >= 15 is 0 Å². The average molecular weight is 473 g/mol. The van der Waals surface area contributed by atoms with Crippen LogP contribution in [-0.2, 0) is 22.5 Å². The zero-order chi connectivity index (χ0) is 23.8. The molecule has 2 aromatic rings. The molecule has 33 heavy (non-hydrogen) atoms. The first-order valence-electron chi connectivity index (χ1n) is 10.9. The van der Waals surface area contributed by atoms with Gasteiger partial charge in [-0.25, -0.2) is 9.59 Å². The molecule has 0 aliphatic carbocycles. The Kier molecular flexibility index (Phi) is 8.54. The smallest absolute Gasteiger partial charge is 0.411 e. The fraction of sp³-hybridized carbons (Fsp3) is 0.375. The molecule has 3 rings (SSSR count). The maximum Gasteiger partial charge on any atom is 0.411 e. The number of nitrogens with one attached hydrogen (secondary N) is 3. The summed E-state index contributed by atoms with van der Waals surface area (Å²) in [5.74, 6) is -0.175. The molecule has 3 N–H and O–H groups in total. The molecule has 0 aromatic heterocycles. The van der Waals surface area contributed by atoms with Crippen molar-refractivity contribution in [1.29, 1.82) is 0 Å². The van der Waals surface area contributed by atoms with Crippen molar-refractivity contribution in [1.82, 2.24) is 15.5 Å². The van der Waals surface area contributed by atoms with Gasteiger partial charge < -0.3 is 20.3 Å². The largest absolute Gasteiger partial charge is 0.447 e. The highest BCUT2D eigenvalue weighted by Gasteiger charge is 2.36. The molecule has 0 radical (unpaired) electrons.